The lowest BCUT2D eigenvalue weighted by Crippen LogP contribution is -2.22. The maximum atomic E-state index is 12.7. The maximum absolute atomic E-state index is 12.7. The Labute approximate surface area is 134 Å². The molecule has 1 aliphatic carbocycles. The Morgan fingerprint density at radius 3 is 1.70 bits per heavy atom. The van der Waals surface area contributed by atoms with Crippen LogP contribution in [0.5, 0.6) is 0 Å². The zero-order chi connectivity index (χ0) is 14.4. The van der Waals surface area contributed by atoms with Gasteiger partial charge in [0.1, 0.15) is 0 Å². The number of carbonyl (C=O) groups excluding carboxylic acids is 2. The molecule has 0 N–H and O–H groups in total. The van der Waals surface area contributed by atoms with Crippen LogP contribution >= 0.6 is 31.9 Å². The van der Waals surface area contributed by atoms with Gasteiger partial charge >= 0.3 is 0 Å². The Balaban J connectivity index is 2.14. The van der Waals surface area contributed by atoms with E-state index < -0.39 is 0 Å². The topological polar surface area (TPSA) is 37.4 Å². The average Bonchev–Trinajstić information content (AvgIpc) is 2.61. The monoisotopic (exact) mass is 397 g/mol. The van der Waals surface area contributed by atoms with Crippen LogP contribution < -0.4 is 0 Å². The van der Waals surface area contributed by atoms with Crippen molar-refractivity contribution in [3.63, 3.8) is 0 Å². The van der Waals surface area contributed by atoms with Crippen molar-refractivity contribution in [1.29, 1.82) is 0 Å². The van der Waals surface area contributed by atoms with E-state index in [1.165, 1.54) is 0 Å². The van der Waals surface area contributed by atoms with E-state index in [0.29, 0.717) is 35.1 Å². The third kappa shape index (κ3) is 2.22. The average molecular weight is 399 g/mol. The number of nitrogens with zero attached hydrogens (tertiary/aromatic N) is 1. The predicted molar refractivity (Wildman–Crippen MR) is 84.3 cm³/mol. The minimum atomic E-state index is 0.0121. The van der Waals surface area contributed by atoms with Crippen molar-refractivity contribution in [2.24, 2.45) is 0 Å². The van der Waals surface area contributed by atoms with Gasteiger partial charge < -0.3 is 4.90 Å². The molecule has 1 heterocycles. The Kier molecular flexibility index (Phi) is 3.69. The van der Waals surface area contributed by atoms with E-state index in [1.807, 2.05) is 7.05 Å². The summed E-state index contributed by atoms with van der Waals surface area (Å²) in [6.07, 6.45) is 1.31. The summed E-state index contributed by atoms with van der Waals surface area (Å²) >= 11 is 6.80. The number of carbonyl (C=O) groups is 2. The van der Waals surface area contributed by atoms with Crippen molar-refractivity contribution in [2.75, 3.05) is 20.1 Å². The molecule has 0 saturated heterocycles. The van der Waals surface area contributed by atoms with Crippen LogP contribution in [-0.4, -0.2) is 36.6 Å². The fourth-order valence-corrected chi connectivity index (χ4v) is 3.45. The molecule has 0 amide bonds. The Bertz CT molecular complexity index is 609. The molecule has 1 aromatic rings. The molecule has 0 spiro atoms. The van der Waals surface area contributed by atoms with E-state index in [1.54, 1.807) is 12.1 Å². The van der Waals surface area contributed by atoms with Crippen molar-refractivity contribution >= 4 is 43.4 Å². The summed E-state index contributed by atoms with van der Waals surface area (Å²) in [6.45, 7) is 1.65. The van der Waals surface area contributed by atoms with Gasteiger partial charge in [-0.3, -0.25) is 9.59 Å². The first kappa shape index (κ1) is 14.2. The number of fused-ring (bicyclic) bond motifs is 1. The summed E-state index contributed by atoms with van der Waals surface area (Å²) in [4.78, 5) is 27.5. The molecular formula is C15H13Br2NO2. The second-order valence-electron chi connectivity index (χ2n) is 5.23. The fraction of sp³-hybridized carbons (Fsp3) is 0.333. The fourth-order valence-electron chi connectivity index (χ4n) is 2.77. The van der Waals surface area contributed by atoms with Crippen molar-refractivity contribution in [2.45, 2.75) is 12.8 Å². The number of ketones is 2. The quantitative estimate of drug-likeness (QED) is 0.669. The first-order valence-corrected chi connectivity index (χ1v) is 8.06. The van der Waals surface area contributed by atoms with E-state index in [2.05, 4.69) is 36.8 Å². The van der Waals surface area contributed by atoms with Gasteiger partial charge in [0, 0.05) is 44.3 Å². The normalized spacial score (nSPS) is 19.8. The molecule has 0 radical (unpaired) electrons. The lowest BCUT2D eigenvalue weighted by atomic mass is 9.82. The van der Waals surface area contributed by atoms with Crippen molar-refractivity contribution in [3.05, 3.63) is 43.4 Å². The molecule has 20 heavy (non-hydrogen) atoms. The van der Waals surface area contributed by atoms with E-state index in [9.17, 15) is 9.59 Å². The zero-order valence-electron chi connectivity index (χ0n) is 11.0. The lowest BCUT2D eigenvalue weighted by molar-refractivity contribution is 0.0970. The van der Waals surface area contributed by atoms with Gasteiger partial charge in [-0.2, -0.15) is 0 Å². The highest BCUT2D eigenvalue weighted by Gasteiger charge is 2.33. The Morgan fingerprint density at radius 1 is 0.900 bits per heavy atom. The van der Waals surface area contributed by atoms with E-state index in [4.69, 9.17) is 0 Å². The van der Waals surface area contributed by atoms with Gasteiger partial charge in [0.15, 0.2) is 11.6 Å². The molecule has 1 aliphatic heterocycles. The summed E-state index contributed by atoms with van der Waals surface area (Å²) in [5.74, 6) is 0.0243. The van der Waals surface area contributed by atoms with Crippen LogP contribution in [0.4, 0.5) is 0 Å². The van der Waals surface area contributed by atoms with Crippen LogP contribution in [0.3, 0.4) is 0 Å². The maximum Gasteiger partial charge on any atom is 0.190 e. The SMILES string of the molecule is CN1CCC2=C(CC1)C(=O)c1cc(Br)c(Br)cc1C2=O. The van der Waals surface area contributed by atoms with Gasteiger partial charge in [0.25, 0.3) is 0 Å². The summed E-state index contributed by atoms with van der Waals surface area (Å²) in [7, 11) is 2.02. The number of Topliss-reactive ketones (excluding diaryl/α,β-unsaturated/α-hetero) is 2. The summed E-state index contributed by atoms with van der Waals surface area (Å²) in [6, 6.07) is 3.50. The third-order valence-electron chi connectivity index (χ3n) is 3.95. The predicted octanol–water partition coefficient (Wildman–Crippen LogP) is 3.61. The Hall–Kier alpha value is -0.780. The van der Waals surface area contributed by atoms with Gasteiger partial charge in [-0.1, -0.05) is 0 Å². The number of halogens is 2. The second-order valence-corrected chi connectivity index (χ2v) is 6.94. The molecule has 0 fully saturated rings. The van der Waals surface area contributed by atoms with Gasteiger partial charge in [-0.25, -0.2) is 0 Å². The highest BCUT2D eigenvalue weighted by molar-refractivity contribution is 9.13. The third-order valence-corrected chi connectivity index (χ3v) is 5.79. The molecule has 104 valence electrons. The first-order chi connectivity index (χ1) is 9.49. The number of hydrogen-bond donors (Lipinski definition) is 0. The highest BCUT2D eigenvalue weighted by Crippen LogP contribution is 2.35. The first-order valence-electron chi connectivity index (χ1n) is 6.48. The van der Waals surface area contributed by atoms with Gasteiger partial charge in [-0.15, -0.1) is 0 Å². The van der Waals surface area contributed by atoms with E-state index >= 15 is 0 Å². The van der Waals surface area contributed by atoms with Crippen molar-refractivity contribution in [1.82, 2.24) is 4.90 Å². The van der Waals surface area contributed by atoms with Crippen LogP contribution in [0.1, 0.15) is 33.6 Å². The molecule has 0 aromatic heterocycles. The molecular weight excluding hydrogens is 386 g/mol. The molecule has 0 saturated carbocycles. The zero-order valence-corrected chi connectivity index (χ0v) is 14.2. The largest absolute Gasteiger partial charge is 0.306 e. The Morgan fingerprint density at radius 2 is 1.30 bits per heavy atom. The van der Waals surface area contributed by atoms with Crippen LogP contribution in [0.25, 0.3) is 0 Å². The van der Waals surface area contributed by atoms with Crippen LogP contribution in [0.15, 0.2) is 32.2 Å². The van der Waals surface area contributed by atoms with Crippen LogP contribution in [-0.2, 0) is 0 Å². The molecule has 3 nitrogen and oxygen atoms in total. The highest BCUT2D eigenvalue weighted by atomic mass is 79.9. The van der Waals surface area contributed by atoms with Crippen molar-refractivity contribution in [3.8, 4) is 0 Å². The summed E-state index contributed by atoms with van der Waals surface area (Å²) < 4.78 is 1.60. The molecule has 0 unspecified atom stereocenters. The molecule has 0 atom stereocenters. The van der Waals surface area contributed by atoms with Crippen LogP contribution in [0, 0.1) is 0 Å². The van der Waals surface area contributed by atoms with Gasteiger partial charge in [0.2, 0.25) is 0 Å². The number of hydrogen-bond acceptors (Lipinski definition) is 3. The number of benzene rings is 1. The van der Waals surface area contributed by atoms with Crippen LogP contribution in [0.2, 0.25) is 0 Å². The van der Waals surface area contributed by atoms with Gasteiger partial charge in [-0.05, 0) is 63.9 Å². The standard InChI is InChI=1S/C15H13Br2NO2/c1-18-4-2-8-9(3-5-18)15(20)11-7-13(17)12(16)6-10(11)14(8)19/h6-7H,2-5H2,1H3. The van der Waals surface area contributed by atoms with Gasteiger partial charge in [0.05, 0.1) is 0 Å². The van der Waals surface area contributed by atoms with Crippen molar-refractivity contribution < 1.29 is 9.59 Å². The van der Waals surface area contributed by atoms with E-state index in [0.717, 1.165) is 22.0 Å². The summed E-state index contributed by atoms with van der Waals surface area (Å²) in [5, 5.41) is 0. The number of rotatable bonds is 0. The minimum Gasteiger partial charge on any atom is -0.306 e. The van der Waals surface area contributed by atoms with E-state index in [-0.39, 0.29) is 11.6 Å². The molecule has 5 heteroatoms. The summed E-state index contributed by atoms with van der Waals surface area (Å²) in [5.41, 5.74) is 2.46. The molecule has 1 aromatic carbocycles. The molecule has 2 aliphatic rings. The lowest BCUT2D eigenvalue weighted by Gasteiger charge is -2.20. The smallest absolute Gasteiger partial charge is 0.190 e. The molecule has 3 rings (SSSR count). The second kappa shape index (κ2) is 5.20. The minimum absolute atomic E-state index is 0.0121. The molecule has 0 bridgehead atoms.